The van der Waals surface area contributed by atoms with Gasteiger partial charge in [0.25, 0.3) is 5.91 Å². The highest BCUT2D eigenvalue weighted by Crippen LogP contribution is 2.19. The van der Waals surface area contributed by atoms with E-state index in [1.165, 1.54) is 30.5 Å². The summed E-state index contributed by atoms with van der Waals surface area (Å²) in [6.07, 6.45) is 4.28. The van der Waals surface area contributed by atoms with E-state index in [2.05, 4.69) is 15.5 Å². The zero-order valence-electron chi connectivity index (χ0n) is 14.1. The van der Waals surface area contributed by atoms with Gasteiger partial charge in [-0.3, -0.25) is 14.6 Å². The first kappa shape index (κ1) is 17.7. The van der Waals surface area contributed by atoms with Crippen molar-refractivity contribution >= 4 is 18.0 Å². The Kier molecular flexibility index (Phi) is 5.68. The second kappa shape index (κ2) is 8.33. The lowest BCUT2D eigenvalue weighted by Crippen LogP contribution is -2.42. The Morgan fingerprint density at radius 2 is 1.88 bits per heavy atom. The third kappa shape index (κ3) is 4.50. The van der Waals surface area contributed by atoms with Crippen LogP contribution in [0.4, 0.5) is 4.39 Å². The minimum atomic E-state index is -0.372. The van der Waals surface area contributed by atoms with Crippen molar-refractivity contribution in [2.24, 2.45) is 11.0 Å². The molecule has 0 aliphatic carbocycles. The van der Waals surface area contributed by atoms with Crippen LogP contribution in [0.15, 0.2) is 53.8 Å². The fourth-order valence-electron chi connectivity index (χ4n) is 2.83. The second-order valence-corrected chi connectivity index (χ2v) is 6.06. The summed E-state index contributed by atoms with van der Waals surface area (Å²) in [5.74, 6) is -0.862. The van der Waals surface area contributed by atoms with Crippen LogP contribution >= 0.6 is 0 Å². The fourth-order valence-corrected chi connectivity index (χ4v) is 2.83. The molecule has 0 spiro atoms. The van der Waals surface area contributed by atoms with Crippen molar-refractivity contribution in [3.63, 3.8) is 0 Å². The summed E-state index contributed by atoms with van der Waals surface area (Å²) < 4.78 is 13.0. The molecule has 6 nitrogen and oxygen atoms in total. The number of carbonyl (C=O) groups excluding carboxylic acids is 2. The molecule has 1 aromatic heterocycles. The lowest BCUT2D eigenvalue weighted by molar-refractivity contribution is -0.126. The zero-order valence-corrected chi connectivity index (χ0v) is 14.1. The first-order valence-electron chi connectivity index (χ1n) is 8.42. The van der Waals surface area contributed by atoms with Crippen LogP contribution < -0.4 is 5.43 Å². The molecule has 0 bridgehead atoms. The number of piperidine rings is 1. The number of hydrogen-bond acceptors (Lipinski definition) is 4. The van der Waals surface area contributed by atoms with Gasteiger partial charge in [-0.15, -0.1) is 0 Å². The molecular formula is C19H19FN4O2. The first-order valence-corrected chi connectivity index (χ1v) is 8.42. The normalized spacial score (nSPS) is 15.2. The quantitative estimate of drug-likeness (QED) is 0.676. The molecule has 1 fully saturated rings. The third-order valence-corrected chi connectivity index (χ3v) is 4.30. The molecule has 0 radical (unpaired) electrons. The Hall–Kier alpha value is -3.09. The van der Waals surface area contributed by atoms with Crippen molar-refractivity contribution in [1.29, 1.82) is 0 Å². The van der Waals surface area contributed by atoms with Gasteiger partial charge in [-0.05, 0) is 49.2 Å². The van der Waals surface area contributed by atoms with Crippen LogP contribution in [0.5, 0.6) is 0 Å². The maximum Gasteiger partial charge on any atom is 0.253 e. The van der Waals surface area contributed by atoms with E-state index < -0.39 is 0 Å². The number of likely N-dealkylation sites (tertiary alicyclic amines) is 1. The summed E-state index contributed by atoms with van der Waals surface area (Å²) in [6.45, 7) is 0.969. The van der Waals surface area contributed by atoms with E-state index in [4.69, 9.17) is 0 Å². The van der Waals surface area contributed by atoms with Gasteiger partial charge in [-0.25, -0.2) is 9.82 Å². The van der Waals surface area contributed by atoms with Crippen LogP contribution in [-0.2, 0) is 4.79 Å². The van der Waals surface area contributed by atoms with Gasteiger partial charge in [0.15, 0.2) is 0 Å². The second-order valence-electron chi connectivity index (χ2n) is 6.06. The standard InChI is InChI=1S/C19H19FN4O2/c20-16-6-4-15(5-7-16)19(26)24-11-8-14(9-12-24)18(25)23-22-13-17-3-1-2-10-21-17/h1-7,10,13-14H,8-9,11-12H2,(H,23,25)/b22-13+. The molecule has 1 saturated heterocycles. The van der Waals surface area contributed by atoms with E-state index in [-0.39, 0.29) is 23.5 Å². The van der Waals surface area contributed by atoms with Gasteiger partial charge in [-0.1, -0.05) is 6.07 Å². The number of carbonyl (C=O) groups is 2. The molecular weight excluding hydrogens is 335 g/mol. The van der Waals surface area contributed by atoms with Crippen molar-refractivity contribution in [3.8, 4) is 0 Å². The van der Waals surface area contributed by atoms with E-state index in [1.54, 1.807) is 23.2 Å². The number of hydrogen-bond donors (Lipinski definition) is 1. The minimum Gasteiger partial charge on any atom is -0.339 e. The molecule has 3 rings (SSSR count). The van der Waals surface area contributed by atoms with Gasteiger partial charge in [0.1, 0.15) is 5.82 Å². The van der Waals surface area contributed by atoms with Crippen LogP contribution in [-0.4, -0.2) is 41.0 Å². The Bertz CT molecular complexity index is 785. The van der Waals surface area contributed by atoms with Crippen molar-refractivity contribution in [2.45, 2.75) is 12.8 Å². The molecule has 134 valence electrons. The average molecular weight is 354 g/mol. The summed E-state index contributed by atoms with van der Waals surface area (Å²) in [4.78, 5) is 30.3. The highest BCUT2D eigenvalue weighted by Gasteiger charge is 2.27. The van der Waals surface area contributed by atoms with Crippen LogP contribution in [0.3, 0.4) is 0 Å². The van der Waals surface area contributed by atoms with Gasteiger partial charge in [0.2, 0.25) is 5.91 Å². The predicted molar refractivity (Wildman–Crippen MR) is 95.0 cm³/mol. The predicted octanol–water partition coefficient (Wildman–Crippen LogP) is 2.22. The number of nitrogens with one attached hydrogen (secondary N) is 1. The fraction of sp³-hybridized carbons (Fsp3) is 0.263. The number of rotatable bonds is 4. The number of benzene rings is 1. The van der Waals surface area contributed by atoms with Gasteiger partial charge >= 0.3 is 0 Å². The van der Waals surface area contributed by atoms with E-state index in [1.807, 2.05) is 6.07 Å². The molecule has 2 heterocycles. The van der Waals surface area contributed by atoms with E-state index in [9.17, 15) is 14.0 Å². The van der Waals surface area contributed by atoms with Crippen molar-refractivity contribution in [1.82, 2.24) is 15.3 Å². The third-order valence-electron chi connectivity index (χ3n) is 4.30. The topological polar surface area (TPSA) is 74.7 Å². The number of halogens is 1. The number of pyridine rings is 1. The Morgan fingerprint density at radius 1 is 1.15 bits per heavy atom. The van der Waals surface area contributed by atoms with Gasteiger partial charge < -0.3 is 4.90 Å². The average Bonchev–Trinajstić information content (AvgIpc) is 2.69. The summed E-state index contributed by atoms with van der Waals surface area (Å²) in [5.41, 5.74) is 3.64. The Balaban J connectivity index is 1.48. The largest absolute Gasteiger partial charge is 0.339 e. The number of aromatic nitrogens is 1. The Labute approximate surface area is 150 Å². The van der Waals surface area contributed by atoms with E-state index in [0.29, 0.717) is 37.2 Å². The lowest BCUT2D eigenvalue weighted by Gasteiger charge is -2.31. The number of hydrazone groups is 1. The summed E-state index contributed by atoms with van der Waals surface area (Å²) in [7, 11) is 0. The number of nitrogens with zero attached hydrogens (tertiary/aromatic N) is 3. The SMILES string of the molecule is O=C(N/N=C/c1ccccn1)C1CCN(C(=O)c2ccc(F)cc2)CC1. The summed E-state index contributed by atoms with van der Waals surface area (Å²) in [6, 6.07) is 10.9. The van der Waals surface area contributed by atoms with E-state index in [0.717, 1.165) is 0 Å². The monoisotopic (exact) mass is 354 g/mol. The molecule has 0 atom stereocenters. The molecule has 2 aromatic rings. The van der Waals surface area contributed by atoms with Crippen LogP contribution in [0.1, 0.15) is 28.9 Å². The molecule has 1 aliphatic heterocycles. The smallest absolute Gasteiger partial charge is 0.253 e. The molecule has 2 amide bonds. The number of amides is 2. The molecule has 1 N–H and O–H groups in total. The molecule has 0 unspecified atom stereocenters. The maximum atomic E-state index is 13.0. The van der Waals surface area contributed by atoms with E-state index >= 15 is 0 Å². The van der Waals surface area contributed by atoms with Crippen LogP contribution in [0, 0.1) is 11.7 Å². The highest BCUT2D eigenvalue weighted by atomic mass is 19.1. The Morgan fingerprint density at radius 3 is 2.54 bits per heavy atom. The molecule has 26 heavy (non-hydrogen) atoms. The van der Waals surface area contributed by atoms with Crippen LogP contribution in [0.2, 0.25) is 0 Å². The first-order chi connectivity index (χ1) is 12.6. The lowest BCUT2D eigenvalue weighted by atomic mass is 9.95. The molecule has 1 aromatic carbocycles. The minimum absolute atomic E-state index is 0.142. The summed E-state index contributed by atoms with van der Waals surface area (Å²) in [5, 5.41) is 3.92. The van der Waals surface area contributed by atoms with Gasteiger partial charge in [-0.2, -0.15) is 5.10 Å². The molecule has 0 saturated carbocycles. The zero-order chi connectivity index (χ0) is 18.4. The van der Waals surface area contributed by atoms with Crippen molar-refractivity contribution in [2.75, 3.05) is 13.1 Å². The van der Waals surface area contributed by atoms with Gasteiger partial charge in [0, 0.05) is 30.8 Å². The highest BCUT2D eigenvalue weighted by molar-refractivity contribution is 5.94. The summed E-state index contributed by atoms with van der Waals surface area (Å²) >= 11 is 0. The van der Waals surface area contributed by atoms with Gasteiger partial charge in [0.05, 0.1) is 11.9 Å². The maximum absolute atomic E-state index is 13.0. The van der Waals surface area contributed by atoms with Crippen molar-refractivity contribution < 1.29 is 14.0 Å². The van der Waals surface area contributed by atoms with Crippen LogP contribution in [0.25, 0.3) is 0 Å². The molecule has 1 aliphatic rings. The molecule has 7 heteroatoms. The van der Waals surface area contributed by atoms with Crippen molar-refractivity contribution in [3.05, 3.63) is 65.7 Å².